The highest BCUT2D eigenvalue weighted by Crippen LogP contribution is 2.16. The second-order valence-corrected chi connectivity index (χ2v) is 2.98. The van der Waals surface area contributed by atoms with Gasteiger partial charge in [-0.05, 0) is 6.42 Å². The summed E-state index contributed by atoms with van der Waals surface area (Å²) >= 11 is 0. The summed E-state index contributed by atoms with van der Waals surface area (Å²) in [6.07, 6.45) is -1.58. The van der Waals surface area contributed by atoms with Gasteiger partial charge >= 0.3 is 5.97 Å². The number of rotatable bonds is 2. The molecular weight excluding hydrogens is 162 g/mol. The molecule has 0 radical (unpaired) electrons. The number of carboxylic acids is 1. The Morgan fingerprint density at radius 2 is 2.00 bits per heavy atom. The molecule has 1 saturated heterocycles. The van der Waals surface area contributed by atoms with Crippen LogP contribution in [0.5, 0.6) is 0 Å². The molecule has 0 aromatic rings. The largest absolute Gasteiger partial charge is 0.480 e. The van der Waals surface area contributed by atoms with E-state index in [1.807, 2.05) is 6.92 Å². The zero-order valence-electron chi connectivity index (χ0n) is 6.77. The number of aliphatic hydroxyl groups excluding tert-OH is 2. The van der Waals surface area contributed by atoms with Crippen LogP contribution in [-0.2, 0) is 4.79 Å². The van der Waals surface area contributed by atoms with Crippen LogP contribution in [0.2, 0.25) is 0 Å². The van der Waals surface area contributed by atoms with Crippen LogP contribution in [0.4, 0.5) is 0 Å². The summed E-state index contributed by atoms with van der Waals surface area (Å²) in [5.41, 5.74) is 0. The highest BCUT2D eigenvalue weighted by Gasteiger charge is 2.43. The molecule has 1 heterocycles. The molecule has 4 N–H and O–H groups in total. The first-order valence-corrected chi connectivity index (χ1v) is 3.93. The average Bonchev–Trinajstić information content (AvgIpc) is 2.30. The lowest BCUT2D eigenvalue weighted by molar-refractivity contribution is -0.142. The van der Waals surface area contributed by atoms with Crippen LogP contribution in [0.25, 0.3) is 0 Å². The Bertz CT molecular complexity index is 184. The number of hydrogen-bond donors (Lipinski definition) is 4. The van der Waals surface area contributed by atoms with Crippen molar-refractivity contribution in [2.75, 3.05) is 0 Å². The van der Waals surface area contributed by atoms with Crippen LogP contribution in [0.1, 0.15) is 13.3 Å². The number of carbonyl (C=O) groups is 1. The summed E-state index contributed by atoms with van der Waals surface area (Å²) in [5, 5.41) is 29.8. The molecule has 1 aliphatic rings. The summed E-state index contributed by atoms with van der Waals surface area (Å²) in [7, 11) is 0. The Labute approximate surface area is 70.0 Å². The second kappa shape index (κ2) is 3.38. The predicted octanol–water partition coefficient (Wildman–Crippen LogP) is -1.46. The van der Waals surface area contributed by atoms with Crippen molar-refractivity contribution in [1.82, 2.24) is 5.32 Å². The third-order valence-corrected chi connectivity index (χ3v) is 2.20. The van der Waals surface area contributed by atoms with Crippen molar-refractivity contribution in [1.29, 1.82) is 0 Å². The van der Waals surface area contributed by atoms with E-state index in [9.17, 15) is 15.0 Å². The minimum atomic E-state index is -1.20. The van der Waals surface area contributed by atoms with E-state index < -0.39 is 24.2 Å². The summed E-state index contributed by atoms with van der Waals surface area (Å²) in [6, 6.07) is -1.36. The van der Waals surface area contributed by atoms with Crippen molar-refractivity contribution in [3.63, 3.8) is 0 Å². The minimum absolute atomic E-state index is 0.318. The standard InChI is InChI=1S/C7H13NO4/c1-2-3-5(9)6(10)4(8-3)7(11)12/h3-6,8-10H,2H2,1H3,(H,11,12). The molecule has 5 heteroatoms. The summed E-state index contributed by atoms with van der Waals surface area (Å²) in [5.74, 6) is -1.13. The fourth-order valence-electron chi connectivity index (χ4n) is 1.44. The Hall–Kier alpha value is -0.650. The van der Waals surface area contributed by atoms with Gasteiger partial charge in [0, 0.05) is 6.04 Å². The van der Waals surface area contributed by atoms with Crippen LogP contribution < -0.4 is 5.32 Å². The van der Waals surface area contributed by atoms with E-state index in [1.54, 1.807) is 0 Å². The molecule has 1 aliphatic heterocycles. The van der Waals surface area contributed by atoms with Crippen LogP contribution in [0.3, 0.4) is 0 Å². The van der Waals surface area contributed by atoms with Crippen molar-refractivity contribution in [3.05, 3.63) is 0 Å². The lowest BCUT2D eigenvalue weighted by Crippen LogP contribution is -2.40. The maximum Gasteiger partial charge on any atom is 0.323 e. The van der Waals surface area contributed by atoms with Crippen molar-refractivity contribution in [2.45, 2.75) is 37.6 Å². The molecule has 1 fully saturated rings. The number of aliphatic carboxylic acids is 1. The van der Waals surface area contributed by atoms with E-state index in [0.717, 1.165) is 0 Å². The van der Waals surface area contributed by atoms with Gasteiger partial charge in [-0.1, -0.05) is 6.92 Å². The van der Waals surface area contributed by atoms with E-state index in [2.05, 4.69) is 5.32 Å². The number of aliphatic hydroxyl groups is 2. The lowest BCUT2D eigenvalue weighted by atomic mass is 10.1. The zero-order chi connectivity index (χ0) is 9.30. The molecule has 0 spiro atoms. The topological polar surface area (TPSA) is 89.8 Å². The molecule has 0 aliphatic carbocycles. The maximum absolute atomic E-state index is 10.5. The van der Waals surface area contributed by atoms with Crippen LogP contribution in [-0.4, -0.2) is 45.6 Å². The highest BCUT2D eigenvalue weighted by atomic mass is 16.4. The van der Waals surface area contributed by atoms with Gasteiger partial charge in [-0.2, -0.15) is 0 Å². The number of carboxylic acid groups (broad SMARTS) is 1. The first kappa shape index (κ1) is 9.44. The second-order valence-electron chi connectivity index (χ2n) is 2.98. The van der Waals surface area contributed by atoms with Crippen molar-refractivity contribution in [3.8, 4) is 0 Å². The molecule has 0 saturated carbocycles. The Morgan fingerprint density at radius 3 is 2.25 bits per heavy atom. The minimum Gasteiger partial charge on any atom is -0.480 e. The fraction of sp³-hybridized carbons (Fsp3) is 0.857. The van der Waals surface area contributed by atoms with E-state index in [-0.39, 0.29) is 6.04 Å². The molecule has 0 aromatic carbocycles. The van der Waals surface area contributed by atoms with E-state index in [0.29, 0.717) is 6.42 Å². The summed E-state index contributed by atoms with van der Waals surface area (Å²) < 4.78 is 0. The molecule has 12 heavy (non-hydrogen) atoms. The van der Waals surface area contributed by atoms with Crippen molar-refractivity contribution >= 4 is 5.97 Å². The Balaban J connectivity index is 2.66. The zero-order valence-corrected chi connectivity index (χ0v) is 6.77. The van der Waals surface area contributed by atoms with Gasteiger partial charge in [0.15, 0.2) is 0 Å². The normalized spacial score (nSPS) is 41.6. The average molecular weight is 175 g/mol. The Morgan fingerprint density at radius 1 is 1.42 bits per heavy atom. The lowest BCUT2D eigenvalue weighted by Gasteiger charge is -2.12. The van der Waals surface area contributed by atoms with Gasteiger partial charge < -0.3 is 15.3 Å². The fourth-order valence-corrected chi connectivity index (χ4v) is 1.44. The third kappa shape index (κ3) is 1.43. The smallest absolute Gasteiger partial charge is 0.323 e. The summed E-state index contributed by atoms with van der Waals surface area (Å²) in [4.78, 5) is 10.5. The van der Waals surface area contributed by atoms with Crippen molar-refractivity contribution in [2.24, 2.45) is 0 Å². The van der Waals surface area contributed by atoms with E-state index in [1.165, 1.54) is 0 Å². The predicted molar refractivity (Wildman–Crippen MR) is 40.7 cm³/mol. The number of nitrogens with one attached hydrogen (secondary N) is 1. The molecule has 0 bridgehead atoms. The van der Waals surface area contributed by atoms with Crippen LogP contribution >= 0.6 is 0 Å². The molecule has 1 rings (SSSR count). The molecule has 4 unspecified atom stereocenters. The summed E-state index contributed by atoms with van der Waals surface area (Å²) in [6.45, 7) is 1.82. The van der Waals surface area contributed by atoms with E-state index >= 15 is 0 Å². The quantitative estimate of drug-likeness (QED) is 0.412. The molecule has 0 amide bonds. The molecule has 0 aromatic heterocycles. The first-order chi connectivity index (χ1) is 5.57. The number of hydrogen-bond acceptors (Lipinski definition) is 4. The molecule has 4 atom stereocenters. The van der Waals surface area contributed by atoms with Gasteiger partial charge in [-0.15, -0.1) is 0 Å². The van der Waals surface area contributed by atoms with Gasteiger partial charge in [0.1, 0.15) is 12.1 Å². The van der Waals surface area contributed by atoms with Crippen LogP contribution in [0.15, 0.2) is 0 Å². The van der Waals surface area contributed by atoms with Crippen LogP contribution in [0, 0.1) is 0 Å². The van der Waals surface area contributed by atoms with E-state index in [4.69, 9.17) is 5.11 Å². The van der Waals surface area contributed by atoms with Gasteiger partial charge in [0.05, 0.1) is 6.10 Å². The molecular formula is C7H13NO4. The first-order valence-electron chi connectivity index (χ1n) is 3.93. The Kier molecular flexibility index (Phi) is 2.66. The van der Waals surface area contributed by atoms with Gasteiger partial charge in [-0.3, -0.25) is 10.1 Å². The van der Waals surface area contributed by atoms with Gasteiger partial charge in [0.2, 0.25) is 0 Å². The maximum atomic E-state index is 10.5. The SMILES string of the molecule is CCC1NC(C(=O)O)C(O)C1O. The van der Waals surface area contributed by atoms with Gasteiger partial charge in [-0.25, -0.2) is 0 Å². The molecule has 5 nitrogen and oxygen atoms in total. The van der Waals surface area contributed by atoms with Gasteiger partial charge in [0.25, 0.3) is 0 Å². The molecule has 70 valence electrons. The monoisotopic (exact) mass is 175 g/mol. The third-order valence-electron chi connectivity index (χ3n) is 2.20. The van der Waals surface area contributed by atoms with Crippen molar-refractivity contribution < 1.29 is 20.1 Å². The highest BCUT2D eigenvalue weighted by molar-refractivity contribution is 5.75.